The lowest BCUT2D eigenvalue weighted by Gasteiger charge is -2.33. The number of rotatable bonds is 4. The molecule has 4 heteroatoms. The van der Waals surface area contributed by atoms with Gasteiger partial charge in [0.25, 0.3) is 0 Å². The Morgan fingerprint density at radius 2 is 1.85 bits per heavy atom. The number of ether oxygens (including phenoxy) is 1. The molecule has 1 aromatic rings. The van der Waals surface area contributed by atoms with Crippen LogP contribution >= 0.6 is 15.9 Å². The molecular weight excluding hydrogens is 316 g/mol. The van der Waals surface area contributed by atoms with Crippen molar-refractivity contribution in [3.8, 4) is 5.75 Å². The van der Waals surface area contributed by atoms with Crippen molar-refractivity contribution in [2.75, 3.05) is 26.7 Å². The second-order valence-electron chi connectivity index (χ2n) is 5.44. The Bertz CT molecular complexity index is 417. The SMILES string of the molecule is COc1ccc(Br)cc1C(CN)N1CCCCCCC1. The van der Waals surface area contributed by atoms with Gasteiger partial charge in [-0.2, -0.15) is 0 Å². The van der Waals surface area contributed by atoms with Gasteiger partial charge in [0.05, 0.1) is 13.2 Å². The van der Waals surface area contributed by atoms with Crippen LogP contribution < -0.4 is 10.5 Å². The van der Waals surface area contributed by atoms with Crippen molar-refractivity contribution in [1.29, 1.82) is 0 Å². The van der Waals surface area contributed by atoms with Crippen LogP contribution in [0.4, 0.5) is 0 Å². The van der Waals surface area contributed by atoms with Gasteiger partial charge in [0.15, 0.2) is 0 Å². The predicted octanol–water partition coefficient (Wildman–Crippen LogP) is 3.72. The first-order chi connectivity index (χ1) is 9.76. The van der Waals surface area contributed by atoms with Crippen LogP contribution in [0.2, 0.25) is 0 Å². The Morgan fingerprint density at radius 3 is 2.45 bits per heavy atom. The first-order valence-corrected chi connectivity index (χ1v) is 8.33. The number of halogens is 1. The molecule has 1 aliphatic rings. The molecule has 2 rings (SSSR count). The summed E-state index contributed by atoms with van der Waals surface area (Å²) in [6.07, 6.45) is 6.59. The lowest BCUT2D eigenvalue weighted by molar-refractivity contribution is 0.180. The van der Waals surface area contributed by atoms with Crippen molar-refractivity contribution in [3.63, 3.8) is 0 Å². The van der Waals surface area contributed by atoms with Crippen LogP contribution in [0.3, 0.4) is 0 Å². The predicted molar refractivity (Wildman–Crippen MR) is 87.1 cm³/mol. The molecule has 20 heavy (non-hydrogen) atoms. The zero-order valence-electron chi connectivity index (χ0n) is 12.3. The molecule has 0 aromatic heterocycles. The van der Waals surface area contributed by atoms with E-state index in [0.717, 1.165) is 23.3 Å². The normalized spacial score (nSPS) is 19.1. The number of nitrogens with zero attached hydrogens (tertiary/aromatic N) is 1. The summed E-state index contributed by atoms with van der Waals surface area (Å²) in [6, 6.07) is 6.44. The third kappa shape index (κ3) is 3.96. The molecule has 0 saturated carbocycles. The molecule has 1 heterocycles. The topological polar surface area (TPSA) is 38.5 Å². The molecule has 1 atom stereocenters. The van der Waals surface area contributed by atoms with Crippen molar-refractivity contribution in [3.05, 3.63) is 28.2 Å². The van der Waals surface area contributed by atoms with Crippen molar-refractivity contribution in [1.82, 2.24) is 4.90 Å². The quantitative estimate of drug-likeness (QED) is 0.907. The Hall–Kier alpha value is -0.580. The van der Waals surface area contributed by atoms with Crippen LogP contribution in [0.15, 0.2) is 22.7 Å². The number of benzene rings is 1. The maximum Gasteiger partial charge on any atom is 0.123 e. The highest BCUT2D eigenvalue weighted by Crippen LogP contribution is 2.32. The molecule has 0 spiro atoms. The van der Waals surface area contributed by atoms with Gasteiger partial charge in [-0.15, -0.1) is 0 Å². The first-order valence-electron chi connectivity index (χ1n) is 7.54. The molecule has 1 fully saturated rings. The van der Waals surface area contributed by atoms with Gasteiger partial charge in [0, 0.05) is 16.6 Å². The van der Waals surface area contributed by atoms with Crippen molar-refractivity contribution in [2.45, 2.75) is 38.1 Å². The summed E-state index contributed by atoms with van der Waals surface area (Å²) in [5, 5.41) is 0. The molecule has 2 N–H and O–H groups in total. The molecule has 0 radical (unpaired) electrons. The van der Waals surface area contributed by atoms with Crippen molar-refractivity contribution < 1.29 is 4.74 Å². The molecule has 1 unspecified atom stereocenters. The molecular formula is C16H25BrN2O. The summed E-state index contributed by atoms with van der Waals surface area (Å²) in [4.78, 5) is 2.53. The highest BCUT2D eigenvalue weighted by Gasteiger charge is 2.22. The standard InChI is InChI=1S/C16H25BrN2O/c1-20-16-8-7-13(17)11-14(16)15(12-18)19-9-5-3-2-4-6-10-19/h7-8,11,15H,2-6,9-10,12,18H2,1H3. The van der Waals surface area contributed by atoms with Gasteiger partial charge in [0.2, 0.25) is 0 Å². The minimum atomic E-state index is 0.251. The highest BCUT2D eigenvalue weighted by molar-refractivity contribution is 9.10. The smallest absolute Gasteiger partial charge is 0.123 e. The molecule has 0 bridgehead atoms. The first kappa shape index (κ1) is 15.8. The zero-order valence-corrected chi connectivity index (χ0v) is 13.9. The Morgan fingerprint density at radius 1 is 1.20 bits per heavy atom. The van der Waals surface area contributed by atoms with E-state index in [9.17, 15) is 0 Å². The molecule has 0 amide bonds. The van der Waals surface area contributed by atoms with Crippen LogP contribution in [-0.2, 0) is 0 Å². The van der Waals surface area contributed by atoms with E-state index in [1.165, 1.54) is 37.7 Å². The van der Waals surface area contributed by atoms with E-state index < -0.39 is 0 Å². The van der Waals surface area contributed by atoms with E-state index in [2.05, 4.69) is 26.9 Å². The van der Waals surface area contributed by atoms with E-state index in [-0.39, 0.29) is 6.04 Å². The largest absolute Gasteiger partial charge is 0.496 e. The van der Waals surface area contributed by atoms with Crippen LogP contribution in [-0.4, -0.2) is 31.6 Å². The third-order valence-corrected chi connectivity index (χ3v) is 4.60. The van der Waals surface area contributed by atoms with Crippen molar-refractivity contribution in [2.24, 2.45) is 5.73 Å². The van der Waals surface area contributed by atoms with E-state index in [1.54, 1.807) is 7.11 Å². The monoisotopic (exact) mass is 340 g/mol. The number of nitrogens with two attached hydrogens (primary N) is 1. The number of methoxy groups -OCH3 is 1. The molecule has 1 saturated heterocycles. The second-order valence-corrected chi connectivity index (χ2v) is 6.36. The maximum absolute atomic E-state index is 6.09. The fraction of sp³-hybridized carbons (Fsp3) is 0.625. The third-order valence-electron chi connectivity index (χ3n) is 4.11. The second kappa shape index (κ2) is 8.01. The van der Waals surface area contributed by atoms with E-state index in [1.807, 2.05) is 12.1 Å². The van der Waals surface area contributed by atoms with Gasteiger partial charge in [-0.25, -0.2) is 0 Å². The van der Waals surface area contributed by atoms with Gasteiger partial charge in [-0.3, -0.25) is 4.90 Å². The number of hydrogen-bond donors (Lipinski definition) is 1. The number of likely N-dealkylation sites (tertiary alicyclic amines) is 1. The summed E-state index contributed by atoms with van der Waals surface area (Å²) < 4.78 is 6.61. The summed E-state index contributed by atoms with van der Waals surface area (Å²) >= 11 is 3.56. The van der Waals surface area contributed by atoms with Gasteiger partial charge >= 0.3 is 0 Å². The van der Waals surface area contributed by atoms with Gasteiger partial charge in [-0.1, -0.05) is 35.2 Å². The lowest BCUT2D eigenvalue weighted by Crippen LogP contribution is -2.36. The number of hydrogen-bond acceptors (Lipinski definition) is 3. The summed E-state index contributed by atoms with van der Waals surface area (Å²) in [5.41, 5.74) is 7.29. The minimum Gasteiger partial charge on any atom is -0.496 e. The summed E-state index contributed by atoms with van der Waals surface area (Å²) in [7, 11) is 1.73. The molecule has 3 nitrogen and oxygen atoms in total. The zero-order chi connectivity index (χ0) is 14.4. The summed E-state index contributed by atoms with van der Waals surface area (Å²) in [5.74, 6) is 0.936. The fourth-order valence-corrected chi connectivity index (χ4v) is 3.40. The van der Waals surface area contributed by atoms with E-state index >= 15 is 0 Å². The van der Waals surface area contributed by atoms with Crippen LogP contribution in [0.5, 0.6) is 5.75 Å². The van der Waals surface area contributed by atoms with Crippen LogP contribution in [0, 0.1) is 0 Å². The van der Waals surface area contributed by atoms with Gasteiger partial charge in [0.1, 0.15) is 5.75 Å². The molecule has 0 aliphatic carbocycles. The van der Waals surface area contributed by atoms with Gasteiger partial charge < -0.3 is 10.5 Å². The average molecular weight is 341 g/mol. The maximum atomic E-state index is 6.09. The fourth-order valence-electron chi connectivity index (χ4n) is 3.02. The Labute approximate surface area is 130 Å². The van der Waals surface area contributed by atoms with Crippen LogP contribution in [0.25, 0.3) is 0 Å². The van der Waals surface area contributed by atoms with Crippen molar-refractivity contribution >= 4 is 15.9 Å². The average Bonchev–Trinajstić information content (AvgIpc) is 2.42. The minimum absolute atomic E-state index is 0.251. The molecule has 1 aromatic carbocycles. The molecule has 112 valence electrons. The van der Waals surface area contributed by atoms with Gasteiger partial charge in [-0.05, 0) is 44.1 Å². The molecule has 1 aliphatic heterocycles. The van der Waals surface area contributed by atoms with Crippen LogP contribution in [0.1, 0.15) is 43.7 Å². The highest BCUT2D eigenvalue weighted by atomic mass is 79.9. The van der Waals surface area contributed by atoms with E-state index in [4.69, 9.17) is 10.5 Å². The lowest BCUT2D eigenvalue weighted by atomic mass is 10.0. The Kier molecular flexibility index (Phi) is 6.33. The summed E-state index contributed by atoms with van der Waals surface area (Å²) in [6.45, 7) is 2.90. The Balaban J connectivity index is 2.23. The van der Waals surface area contributed by atoms with E-state index in [0.29, 0.717) is 6.54 Å².